The first-order chi connectivity index (χ1) is 11.5. The molecule has 4 heteroatoms. The topological polar surface area (TPSA) is 22.1 Å². The SMILES string of the molecule is CC(C)(C)[Si](OCc1cscn1)(c1ccccc1)c1ccccc1. The fraction of sp³-hybridized carbons (Fsp3) is 0.250. The van der Waals surface area contributed by atoms with Crippen LogP contribution in [0.5, 0.6) is 0 Å². The number of hydrogen-bond acceptors (Lipinski definition) is 3. The smallest absolute Gasteiger partial charge is 0.261 e. The van der Waals surface area contributed by atoms with Gasteiger partial charge in [-0.1, -0.05) is 81.4 Å². The molecule has 0 spiro atoms. The molecule has 0 bridgehead atoms. The van der Waals surface area contributed by atoms with Crippen LogP contribution in [0.1, 0.15) is 26.5 Å². The van der Waals surface area contributed by atoms with Crippen molar-refractivity contribution < 1.29 is 4.43 Å². The van der Waals surface area contributed by atoms with Crippen molar-refractivity contribution in [1.82, 2.24) is 4.98 Å². The number of thiazole rings is 1. The van der Waals surface area contributed by atoms with Gasteiger partial charge in [-0.05, 0) is 15.4 Å². The van der Waals surface area contributed by atoms with Gasteiger partial charge in [0.15, 0.2) is 0 Å². The van der Waals surface area contributed by atoms with Gasteiger partial charge in [-0.2, -0.15) is 0 Å². The lowest BCUT2D eigenvalue weighted by Gasteiger charge is -2.42. The van der Waals surface area contributed by atoms with E-state index >= 15 is 0 Å². The summed E-state index contributed by atoms with van der Waals surface area (Å²) in [5.74, 6) is 0. The van der Waals surface area contributed by atoms with E-state index in [1.807, 2.05) is 5.51 Å². The van der Waals surface area contributed by atoms with E-state index in [4.69, 9.17) is 4.43 Å². The maximum atomic E-state index is 6.79. The first-order valence-electron chi connectivity index (χ1n) is 8.16. The van der Waals surface area contributed by atoms with Crippen LogP contribution in [0, 0.1) is 0 Å². The van der Waals surface area contributed by atoms with Gasteiger partial charge in [-0.3, -0.25) is 0 Å². The predicted octanol–water partition coefficient (Wildman–Crippen LogP) is 4.22. The summed E-state index contributed by atoms with van der Waals surface area (Å²) in [6.07, 6.45) is 0. The molecule has 0 aliphatic rings. The summed E-state index contributed by atoms with van der Waals surface area (Å²) in [6.45, 7) is 7.43. The summed E-state index contributed by atoms with van der Waals surface area (Å²) in [6, 6.07) is 21.4. The number of hydrogen-bond donors (Lipinski definition) is 0. The molecule has 0 amide bonds. The van der Waals surface area contributed by atoms with Gasteiger partial charge in [0.25, 0.3) is 8.32 Å². The minimum absolute atomic E-state index is 0.00568. The molecule has 0 aliphatic carbocycles. The molecule has 3 aromatic rings. The predicted molar refractivity (Wildman–Crippen MR) is 105 cm³/mol. The van der Waals surface area contributed by atoms with E-state index < -0.39 is 8.32 Å². The molecule has 1 aromatic heterocycles. The van der Waals surface area contributed by atoms with Crippen molar-refractivity contribution in [1.29, 1.82) is 0 Å². The maximum absolute atomic E-state index is 6.79. The lowest BCUT2D eigenvalue weighted by molar-refractivity contribution is 0.282. The van der Waals surface area contributed by atoms with Crippen LogP contribution in [-0.2, 0) is 11.0 Å². The third-order valence-corrected chi connectivity index (χ3v) is 9.95. The summed E-state index contributed by atoms with van der Waals surface area (Å²) < 4.78 is 6.79. The van der Waals surface area contributed by atoms with Crippen LogP contribution in [0.3, 0.4) is 0 Å². The average molecular weight is 354 g/mol. The highest BCUT2D eigenvalue weighted by Crippen LogP contribution is 2.37. The zero-order valence-corrected chi connectivity index (χ0v) is 16.2. The van der Waals surface area contributed by atoms with Crippen LogP contribution < -0.4 is 10.4 Å². The van der Waals surface area contributed by atoms with Gasteiger partial charge in [-0.15, -0.1) is 11.3 Å². The molecule has 0 atom stereocenters. The van der Waals surface area contributed by atoms with E-state index in [-0.39, 0.29) is 5.04 Å². The monoisotopic (exact) mass is 353 g/mol. The molecule has 3 rings (SSSR count). The lowest BCUT2D eigenvalue weighted by atomic mass is 10.2. The Labute approximate surface area is 149 Å². The second kappa shape index (κ2) is 7.01. The van der Waals surface area contributed by atoms with E-state index in [2.05, 4.69) is 91.8 Å². The number of rotatable bonds is 5. The lowest BCUT2D eigenvalue weighted by Crippen LogP contribution is -2.66. The third-order valence-electron chi connectivity index (χ3n) is 4.34. The summed E-state index contributed by atoms with van der Waals surface area (Å²) in [7, 11) is -2.44. The van der Waals surface area contributed by atoms with Gasteiger partial charge in [-0.25, -0.2) is 4.98 Å². The molecule has 2 aromatic carbocycles. The number of benzene rings is 2. The van der Waals surface area contributed by atoms with Gasteiger partial charge < -0.3 is 4.43 Å². The third kappa shape index (κ3) is 3.22. The van der Waals surface area contributed by atoms with Crippen LogP contribution in [0.4, 0.5) is 0 Å². The van der Waals surface area contributed by atoms with Crippen LogP contribution in [0.2, 0.25) is 5.04 Å². The number of aromatic nitrogens is 1. The van der Waals surface area contributed by atoms with E-state index in [1.165, 1.54) is 10.4 Å². The Hall–Kier alpha value is -1.75. The van der Waals surface area contributed by atoms with Gasteiger partial charge in [0, 0.05) is 5.38 Å². The van der Waals surface area contributed by atoms with E-state index in [0.717, 1.165) is 5.69 Å². The van der Waals surface area contributed by atoms with Gasteiger partial charge in [0.2, 0.25) is 0 Å². The Morgan fingerprint density at radius 1 is 0.917 bits per heavy atom. The van der Waals surface area contributed by atoms with Crippen molar-refractivity contribution in [3.05, 3.63) is 77.2 Å². The van der Waals surface area contributed by atoms with Crippen LogP contribution in [-0.4, -0.2) is 13.3 Å². The fourth-order valence-electron chi connectivity index (χ4n) is 3.25. The van der Waals surface area contributed by atoms with Crippen LogP contribution >= 0.6 is 11.3 Å². The highest BCUT2D eigenvalue weighted by molar-refractivity contribution is 7.07. The van der Waals surface area contributed by atoms with Crippen molar-refractivity contribution in [3.8, 4) is 0 Å². The van der Waals surface area contributed by atoms with Crippen molar-refractivity contribution in [2.75, 3.05) is 0 Å². The Kier molecular flexibility index (Phi) is 4.99. The Morgan fingerprint density at radius 3 is 1.88 bits per heavy atom. The molecule has 0 saturated heterocycles. The van der Waals surface area contributed by atoms with Crippen molar-refractivity contribution in [2.24, 2.45) is 0 Å². The second-order valence-corrected chi connectivity index (χ2v) is 12.0. The molecule has 0 radical (unpaired) electrons. The minimum Gasteiger partial charge on any atom is -0.401 e. The molecular weight excluding hydrogens is 330 g/mol. The molecule has 24 heavy (non-hydrogen) atoms. The largest absolute Gasteiger partial charge is 0.401 e. The molecule has 0 N–H and O–H groups in total. The average Bonchev–Trinajstić information content (AvgIpc) is 3.10. The van der Waals surface area contributed by atoms with E-state index in [9.17, 15) is 0 Å². The summed E-state index contributed by atoms with van der Waals surface area (Å²) in [4.78, 5) is 4.40. The van der Waals surface area contributed by atoms with Crippen LogP contribution in [0.15, 0.2) is 71.6 Å². The first kappa shape index (κ1) is 17.1. The van der Waals surface area contributed by atoms with E-state index in [1.54, 1.807) is 11.3 Å². The van der Waals surface area contributed by atoms with E-state index in [0.29, 0.717) is 6.61 Å². The molecule has 0 aliphatic heterocycles. The Balaban J connectivity index is 2.13. The Morgan fingerprint density at radius 2 is 1.46 bits per heavy atom. The zero-order chi connectivity index (χ0) is 17.0. The van der Waals surface area contributed by atoms with Gasteiger partial charge >= 0.3 is 0 Å². The molecular formula is C20H23NOSSi. The first-order valence-corrected chi connectivity index (χ1v) is 11.0. The van der Waals surface area contributed by atoms with Gasteiger partial charge in [0.1, 0.15) is 0 Å². The molecule has 2 nitrogen and oxygen atoms in total. The molecule has 0 fully saturated rings. The standard InChI is InChI=1S/C20H23NOSSi/c1-20(2,3)24(18-10-6-4-7-11-18,19-12-8-5-9-13-19)22-14-17-15-23-16-21-17/h4-13,15-16H,14H2,1-3H3. The molecule has 1 heterocycles. The molecule has 124 valence electrons. The Bertz CT molecular complexity index is 712. The minimum atomic E-state index is -2.44. The normalized spacial score (nSPS) is 12.3. The second-order valence-electron chi connectivity index (χ2n) is 6.93. The molecule has 0 saturated carbocycles. The highest BCUT2D eigenvalue weighted by atomic mass is 32.1. The highest BCUT2D eigenvalue weighted by Gasteiger charge is 2.50. The van der Waals surface area contributed by atoms with Crippen molar-refractivity contribution in [2.45, 2.75) is 32.4 Å². The quantitative estimate of drug-likeness (QED) is 0.641. The van der Waals surface area contributed by atoms with Gasteiger partial charge in [0.05, 0.1) is 17.8 Å². The molecule has 0 unspecified atom stereocenters. The summed E-state index contributed by atoms with van der Waals surface area (Å²) in [5.41, 5.74) is 2.87. The maximum Gasteiger partial charge on any atom is 0.261 e. The fourth-order valence-corrected chi connectivity index (χ4v) is 8.32. The van der Waals surface area contributed by atoms with Crippen LogP contribution in [0.25, 0.3) is 0 Å². The summed E-state index contributed by atoms with van der Waals surface area (Å²) >= 11 is 1.61. The summed E-state index contributed by atoms with van der Waals surface area (Å²) in [5, 5.41) is 4.68. The number of nitrogens with zero attached hydrogens (tertiary/aromatic N) is 1. The van der Waals surface area contributed by atoms with Crippen molar-refractivity contribution >= 4 is 30.0 Å². The van der Waals surface area contributed by atoms with Crippen molar-refractivity contribution in [3.63, 3.8) is 0 Å². The zero-order valence-electron chi connectivity index (χ0n) is 14.4.